The number of rotatable bonds is 5. The van der Waals surface area contributed by atoms with Gasteiger partial charge in [-0.15, -0.1) is 0 Å². The van der Waals surface area contributed by atoms with Crippen LogP contribution in [0.2, 0.25) is 5.02 Å². The smallest absolute Gasteiger partial charge is 0.0658 e. The van der Waals surface area contributed by atoms with Gasteiger partial charge in [0.1, 0.15) is 0 Å². The molecular formula is C13H18ClNO. The Bertz CT molecular complexity index is 365. The number of aliphatic hydroxyl groups excluding tert-OH is 1. The molecule has 0 amide bonds. The average molecular weight is 240 g/mol. The molecule has 88 valence electrons. The Hall–Kier alpha value is -0.730. The van der Waals surface area contributed by atoms with Crippen molar-refractivity contribution in [1.29, 1.82) is 0 Å². The summed E-state index contributed by atoms with van der Waals surface area (Å²) >= 11 is 5.93. The van der Waals surface area contributed by atoms with Crippen molar-refractivity contribution < 1.29 is 5.11 Å². The minimum absolute atomic E-state index is 0.149. The quantitative estimate of drug-likeness (QED) is 0.827. The predicted molar refractivity (Wildman–Crippen MR) is 67.9 cm³/mol. The molecule has 3 heteroatoms. The van der Waals surface area contributed by atoms with Gasteiger partial charge in [-0.25, -0.2) is 0 Å². The molecule has 0 radical (unpaired) electrons. The van der Waals surface area contributed by atoms with Crippen molar-refractivity contribution in [2.75, 3.05) is 11.9 Å². The molecule has 2 N–H and O–H groups in total. The van der Waals surface area contributed by atoms with Crippen LogP contribution in [0.4, 0.5) is 5.69 Å². The third kappa shape index (κ3) is 3.13. The normalized spacial score (nSPS) is 19.2. The number of hydrogen-bond acceptors (Lipinski definition) is 2. The summed E-state index contributed by atoms with van der Waals surface area (Å²) in [5, 5.41) is 13.6. The highest BCUT2D eigenvalue weighted by molar-refractivity contribution is 6.30. The van der Waals surface area contributed by atoms with Crippen molar-refractivity contribution in [2.45, 2.75) is 31.7 Å². The standard InChI is InChI=1S/C13H18ClNO/c1-13(9-16,8-10-5-6-10)15-12-4-2-3-11(14)7-12/h2-4,7,10,15-16H,5-6,8-9H2,1H3. The van der Waals surface area contributed by atoms with Gasteiger partial charge in [-0.05, 0) is 37.5 Å². The van der Waals surface area contributed by atoms with Crippen LogP contribution in [0, 0.1) is 5.92 Å². The first-order chi connectivity index (χ1) is 7.61. The van der Waals surface area contributed by atoms with E-state index >= 15 is 0 Å². The lowest BCUT2D eigenvalue weighted by molar-refractivity contribution is 0.209. The van der Waals surface area contributed by atoms with Crippen LogP contribution >= 0.6 is 11.6 Å². The summed E-state index contributed by atoms with van der Waals surface area (Å²) in [5.41, 5.74) is 0.746. The van der Waals surface area contributed by atoms with Gasteiger partial charge in [0, 0.05) is 10.7 Å². The fourth-order valence-electron chi connectivity index (χ4n) is 2.03. The molecule has 2 nitrogen and oxygen atoms in total. The molecule has 0 bridgehead atoms. The van der Waals surface area contributed by atoms with Crippen LogP contribution in [-0.2, 0) is 0 Å². The van der Waals surface area contributed by atoms with E-state index in [4.69, 9.17) is 11.6 Å². The monoisotopic (exact) mass is 239 g/mol. The summed E-state index contributed by atoms with van der Waals surface area (Å²) < 4.78 is 0. The second-order valence-corrected chi connectivity index (χ2v) is 5.44. The summed E-state index contributed by atoms with van der Waals surface area (Å²) in [6.07, 6.45) is 3.62. The van der Waals surface area contributed by atoms with Crippen LogP contribution in [0.1, 0.15) is 26.2 Å². The van der Waals surface area contributed by atoms with E-state index in [-0.39, 0.29) is 12.1 Å². The number of benzene rings is 1. The largest absolute Gasteiger partial charge is 0.394 e. The fraction of sp³-hybridized carbons (Fsp3) is 0.538. The topological polar surface area (TPSA) is 32.3 Å². The Kier molecular flexibility index (Phi) is 3.41. The molecule has 1 aromatic carbocycles. The summed E-state index contributed by atoms with van der Waals surface area (Å²) in [4.78, 5) is 0. The molecule has 1 aliphatic rings. The van der Waals surface area contributed by atoms with E-state index in [9.17, 15) is 5.11 Å². The van der Waals surface area contributed by atoms with Gasteiger partial charge >= 0.3 is 0 Å². The van der Waals surface area contributed by atoms with Crippen LogP contribution in [0.25, 0.3) is 0 Å². The Morgan fingerprint density at radius 3 is 2.81 bits per heavy atom. The van der Waals surface area contributed by atoms with Crippen LogP contribution in [-0.4, -0.2) is 17.3 Å². The van der Waals surface area contributed by atoms with Crippen molar-refractivity contribution in [3.63, 3.8) is 0 Å². The molecule has 1 fully saturated rings. The fourth-order valence-corrected chi connectivity index (χ4v) is 2.22. The van der Waals surface area contributed by atoms with Crippen molar-refractivity contribution in [2.24, 2.45) is 5.92 Å². The molecule has 1 aromatic rings. The number of nitrogens with one attached hydrogen (secondary N) is 1. The first-order valence-electron chi connectivity index (χ1n) is 5.76. The number of halogens is 1. The number of anilines is 1. The van der Waals surface area contributed by atoms with Crippen LogP contribution in [0.15, 0.2) is 24.3 Å². The summed E-state index contributed by atoms with van der Waals surface area (Å²) in [6.45, 7) is 2.21. The lowest BCUT2D eigenvalue weighted by Crippen LogP contribution is -2.39. The second-order valence-electron chi connectivity index (χ2n) is 5.00. The lowest BCUT2D eigenvalue weighted by Gasteiger charge is -2.30. The molecule has 0 aromatic heterocycles. The van der Waals surface area contributed by atoms with Gasteiger partial charge < -0.3 is 10.4 Å². The first-order valence-corrected chi connectivity index (χ1v) is 6.14. The highest BCUT2D eigenvalue weighted by Gasteiger charge is 2.32. The molecule has 0 aliphatic heterocycles. The minimum Gasteiger partial charge on any atom is -0.394 e. The van der Waals surface area contributed by atoms with Crippen molar-refractivity contribution in [3.05, 3.63) is 29.3 Å². The molecule has 2 rings (SSSR count). The highest BCUT2D eigenvalue weighted by Crippen LogP contribution is 2.37. The molecule has 1 saturated carbocycles. The zero-order chi connectivity index (χ0) is 11.6. The first kappa shape index (κ1) is 11.7. The number of hydrogen-bond donors (Lipinski definition) is 2. The van der Waals surface area contributed by atoms with Crippen LogP contribution < -0.4 is 5.32 Å². The van der Waals surface area contributed by atoms with Gasteiger partial charge in [0.2, 0.25) is 0 Å². The van der Waals surface area contributed by atoms with Gasteiger partial charge in [-0.2, -0.15) is 0 Å². The maximum absolute atomic E-state index is 9.50. The van der Waals surface area contributed by atoms with E-state index in [0.29, 0.717) is 0 Å². The molecule has 1 aliphatic carbocycles. The van der Waals surface area contributed by atoms with Crippen molar-refractivity contribution in [1.82, 2.24) is 0 Å². The summed E-state index contributed by atoms with van der Waals surface area (Å²) in [5.74, 6) is 0.781. The molecule has 0 heterocycles. The molecule has 1 atom stereocenters. The Balaban J connectivity index is 2.04. The number of aliphatic hydroxyl groups is 1. The maximum Gasteiger partial charge on any atom is 0.0658 e. The molecule has 0 spiro atoms. The molecule has 16 heavy (non-hydrogen) atoms. The second kappa shape index (κ2) is 4.64. The third-order valence-electron chi connectivity index (χ3n) is 3.06. The SMILES string of the molecule is CC(CO)(CC1CC1)Nc1cccc(Cl)c1. The predicted octanol–water partition coefficient (Wildman–Crippen LogP) is 3.30. The molecule has 0 saturated heterocycles. The van der Waals surface area contributed by atoms with E-state index in [1.54, 1.807) is 0 Å². The molecule has 1 unspecified atom stereocenters. The van der Waals surface area contributed by atoms with Gasteiger partial charge in [-0.3, -0.25) is 0 Å². The van der Waals surface area contributed by atoms with Gasteiger partial charge in [0.25, 0.3) is 0 Å². The van der Waals surface area contributed by atoms with Gasteiger partial charge in [-0.1, -0.05) is 30.5 Å². The maximum atomic E-state index is 9.50. The average Bonchev–Trinajstić information content (AvgIpc) is 3.01. The minimum atomic E-state index is -0.230. The van der Waals surface area contributed by atoms with Crippen LogP contribution in [0.5, 0.6) is 0 Å². The van der Waals surface area contributed by atoms with Crippen LogP contribution in [0.3, 0.4) is 0 Å². The van der Waals surface area contributed by atoms with Gasteiger partial charge in [0.15, 0.2) is 0 Å². The molecular weight excluding hydrogens is 222 g/mol. The van der Waals surface area contributed by atoms with E-state index in [1.165, 1.54) is 12.8 Å². The highest BCUT2D eigenvalue weighted by atomic mass is 35.5. The summed E-state index contributed by atoms with van der Waals surface area (Å²) in [7, 11) is 0. The Labute approximate surface area is 102 Å². The zero-order valence-corrected chi connectivity index (χ0v) is 10.3. The van der Waals surface area contributed by atoms with E-state index in [0.717, 1.165) is 23.0 Å². The van der Waals surface area contributed by atoms with E-state index in [2.05, 4.69) is 12.2 Å². The van der Waals surface area contributed by atoms with E-state index < -0.39 is 0 Å². The Morgan fingerprint density at radius 2 is 2.25 bits per heavy atom. The third-order valence-corrected chi connectivity index (χ3v) is 3.29. The lowest BCUT2D eigenvalue weighted by atomic mass is 9.95. The van der Waals surface area contributed by atoms with Crippen molar-refractivity contribution >= 4 is 17.3 Å². The van der Waals surface area contributed by atoms with Crippen molar-refractivity contribution in [3.8, 4) is 0 Å². The van der Waals surface area contributed by atoms with E-state index in [1.807, 2.05) is 24.3 Å². The zero-order valence-electron chi connectivity index (χ0n) is 9.54. The Morgan fingerprint density at radius 1 is 1.50 bits per heavy atom. The van der Waals surface area contributed by atoms with Gasteiger partial charge in [0.05, 0.1) is 12.1 Å². The summed E-state index contributed by atoms with van der Waals surface area (Å²) in [6, 6.07) is 7.64.